The first-order chi connectivity index (χ1) is 9.69. The average Bonchev–Trinajstić information content (AvgIpc) is 2.44. The molecule has 108 valence electrons. The lowest BCUT2D eigenvalue weighted by atomic mass is 10.1. The molecule has 5 nitrogen and oxygen atoms in total. The Kier molecular flexibility index (Phi) is 5.12. The van der Waals surface area contributed by atoms with Crippen molar-refractivity contribution < 1.29 is 19.1 Å². The molecule has 0 aliphatic carbocycles. The molecule has 0 N–H and O–H groups in total. The minimum atomic E-state index is -0.771. The second-order valence-corrected chi connectivity index (χ2v) is 4.73. The van der Waals surface area contributed by atoms with Crippen molar-refractivity contribution in [3.63, 3.8) is 0 Å². The zero-order valence-corrected chi connectivity index (χ0v) is 11.6. The third kappa shape index (κ3) is 4.06. The van der Waals surface area contributed by atoms with Crippen molar-refractivity contribution in [2.45, 2.75) is 26.0 Å². The number of piperidine rings is 1. The number of carbonyl (C=O) groups is 2. The quantitative estimate of drug-likeness (QED) is 0.788. The number of carbonyl (C=O) groups excluding carboxylic acids is 2. The summed E-state index contributed by atoms with van der Waals surface area (Å²) < 4.78 is 9.77. The zero-order chi connectivity index (χ0) is 14.4. The molecule has 1 fully saturated rings. The van der Waals surface area contributed by atoms with Gasteiger partial charge in [0.25, 0.3) is 0 Å². The molecule has 0 radical (unpaired) electrons. The lowest BCUT2D eigenvalue weighted by molar-refractivity contribution is -0.133. The van der Waals surface area contributed by atoms with Crippen molar-refractivity contribution in [1.82, 2.24) is 4.90 Å². The van der Waals surface area contributed by atoms with Crippen LogP contribution in [0, 0.1) is 0 Å². The number of ketones is 1. The van der Waals surface area contributed by atoms with Crippen LogP contribution in [0.5, 0.6) is 0 Å². The summed E-state index contributed by atoms with van der Waals surface area (Å²) in [7, 11) is 0. The van der Waals surface area contributed by atoms with E-state index in [2.05, 4.69) is 4.90 Å². The molecule has 0 spiro atoms. The highest BCUT2D eigenvalue weighted by molar-refractivity contribution is 5.85. The maximum atomic E-state index is 11.8. The van der Waals surface area contributed by atoms with Crippen molar-refractivity contribution >= 4 is 11.9 Å². The number of hydrogen-bond acceptors (Lipinski definition) is 5. The number of Topliss-reactive ketones (excluding diaryl/α,β-unsaturated/α-hetero) is 1. The van der Waals surface area contributed by atoms with E-state index in [0.29, 0.717) is 19.5 Å². The van der Waals surface area contributed by atoms with Crippen molar-refractivity contribution in [1.29, 1.82) is 0 Å². The molecular formula is C15H19NO4. The van der Waals surface area contributed by atoms with E-state index in [9.17, 15) is 9.59 Å². The summed E-state index contributed by atoms with van der Waals surface area (Å²) in [5.74, 6) is -0.0395. The van der Waals surface area contributed by atoms with Gasteiger partial charge in [0.15, 0.2) is 11.9 Å². The van der Waals surface area contributed by atoms with E-state index in [1.54, 1.807) is 6.92 Å². The van der Waals surface area contributed by atoms with Gasteiger partial charge >= 0.3 is 6.16 Å². The SMILES string of the molecule is CCOC(=O)OC1CN(Cc2ccccc2)CCC1=O. The summed E-state index contributed by atoms with van der Waals surface area (Å²) in [4.78, 5) is 25.2. The molecule has 2 rings (SSSR count). The molecule has 5 heteroatoms. The van der Waals surface area contributed by atoms with Gasteiger partial charge < -0.3 is 9.47 Å². The third-order valence-electron chi connectivity index (χ3n) is 3.21. The summed E-state index contributed by atoms with van der Waals surface area (Å²) in [5.41, 5.74) is 1.18. The molecule has 1 aliphatic heterocycles. The van der Waals surface area contributed by atoms with E-state index < -0.39 is 12.3 Å². The summed E-state index contributed by atoms with van der Waals surface area (Å²) >= 11 is 0. The first-order valence-electron chi connectivity index (χ1n) is 6.81. The summed E-state index contributed by atoms with van der Waals surface area (Å²) in [5, 5.41) is 0. The normalized spacial score (nSPS) is 19.6. The molecule has 20 heavy (non-hydrogen) atoms. The predicted octanol–water partition coefficient (Wildman–Crippen LogP) is 2.00. The third-order valence-corrected chi connectivity index (χ3v) is 3.21. The van der Waals surface area contributed by atoms with Crippen LogP contribution in [0.3, 0.4) is 0 Å². The van der Waals surface area contributed by atoms with E-state index in [1.165, 1.54) is 5.56 Å². The largest absolute Gasteiger partial charge is 0.509 e. The van der Waals surface area contributed by atoms with Gasteiger partial charge in [-0.1, -0.05) is 30.3 Å². The Morgan fingerprint density at radius 3 is 2.80 bits per heavy atom. The Bertz CT molecular complexity index is 460. The second-order valence-electron chi connectivity index (χ2n) is 4.73. The standard InChI is InChI=1S/C15H19NO4/c1-2-19-15(18)20-14-11-16(9-8-13(14)17)10-12-6-4-3-5-7-12/h3-7,14H,2,8-11H2,1H3. The lowest BCUT2D eigenvalue weighted by Gasteiger charge is -2.31. The molecule has 1 aromatic carbocycles. The van der Waals surface area contributed by atoms with Crippen molar-refractivity contribution in [3.8, 4) is 0 Å². The Morgan fingerprint density at radius 2 is 2.10 bits per heavy atom. The molecule has 0 bridgehead atoms. The van der Waals surface area contributed by atoms with Gasteiger partial charge in [-0.2, -0.15) is 0 Å². The van der Waals surface area contributed by atoms with Crippen LogP contribution in [0.25, 0.3) is 0 Å². The predicted molar refractivity (Wildman–Crippen MR) is 73.2 cm³/mol. The fourth-order valence-corrected chi connectivity index (χ4v) is 2.21. The molecule has 1 aliphatic rings. The fraction of sp³-hybridized carbons (Fsp3) is 0.467. The highest BCUT2D eigenvalue weighted by Gasteiger charge is 2.30. The number of ether oxygens (including phenoxy) is 2. The van der Waals surface area contributed by atoms with E-state index in [-0.39, 0.29) is 12.4 Å². The molecular weight excluding hydrogens is 258 g/mol. The Balaban J connectivity index is 1.90. The molecule has 0 aromatic heterocycles. The smallest absolute Gasteiger partial charge is 0.435 e. The van der Waals surface area contributed by atoms with Gasteiger partial charge in [0.2, 0.25) is 0 Å². The first-order valence-corrected chi connectivity index (χ1v) is 6.81. The molecule has 0 saturated carbocycles. The maximum Gasteiger partial charge on any atom is 0.509 e. The Labute approximate surface area is 118 Å². The van der Waals surface area contributed by atoms with Crippen molar-refractivity contribution in [2.24, 2.45) is 0 Å². The van der Waals surface area contributed by atoms with E-state index in [0.717, 1.165) is 6.54 Å². The first kappa shape index (κ1) is 14.5. The van der Waals surface area contributed by atoms with Crippen LogP contribution in [-0.4, -0.2) is 42.6 Å². The minimum absolute atomic E-state index is 0.0395. The van der Waals surface area contributed by atoms with Gasteiger partial charge in [0, 0.05) is 26.1 Å². The second kappa shape index (κ2) is 7.05. The van der Waals surface area contributed by atoms with E-state index in [4.69, 9.17) is 9.47 Å². The molecule has 1 atom stereocenters. The molecule has 1 heterocycles. The maximum absolute atomic E-state index is 11.8. The summed E-state index contributed by atoms with van der Waals surface area (Å²) in [6.07, 6.45) is -1.09. The van der Waals surface area contributed by atoms with Gasteiger partial charge in [-0.3, -0.25) is 9.69 Å². The van der Waals surface area contributed by atoms with Crippen LogP contribution >= 0.6 is 0 Å². The van der Waals surface area contributed by atoms with Crippen LogP contribution in [-0.2, 0) is 20.8 Å². The van der Waals surface area contributed by atoms with E-state index in [1.807, 2.05) is 30.3 Å². The molecule has 1 saturated heterocycles. The molecule has 1 aromatic rings. The molecule has 0 amide bonds. The van der Waals surface area contributed by atoms with E-state index >= 15 is 0 Å². The number of likely N-dealkylation sites (tertiary alicyclic amines) is 1. The van der Waals surface area contributed by atoms with Crippen molar-refractivity contribution in [2.75, 3.05) is 19.7 Å². The topological polar surface area (TPSA) is 55.8 Å². The number of benzene rings is 1. The summed E-state index contributed by atoms with van der Waals surface area (Å²) in [6, 6.07) is 10.0. The van der Waals surface area contributed by atoms with Gasteiger partial charge in [-0.15, -0.1) is 0 Å². The summed E-state index contributed by atoms with van der Waals surface area (Å²) in [6.45, 7) is 3.80. The zero-order valence-electron chi connectivity index (χ0n) is 11.6. The van der Waals surface area contributed by atoms with Crippen LogP contribution in [0.4, 0.5) is 4.79 Å². The highest BCUT2D eigenvalue weighted by atomic mass is 16.7. The average molecular weight is 277 g/mol. The Morgan fingerprint density at radius 1 is 1.35 bits per heavy atom. The van der Waals surface area contributed by atoms with Crippen LogP contribution in [0.2, 0.25) is 0 Å². The Hall–Kier alpha value is -1.88. The highest BCUT2D eigenvalue weighted by Crippen LogP contribution is 2.14. The van der Waals surface area contributed by atoms with Crippen molar-refractivity contribution in [3.05, 3.63) is 35.9 Å². The van der Waals surface area contributed by atoms with Gasteiger partial charge in [0.1, 0.15) is 0 Å². The van der Waals surface area contributed by atoms with Crippen LogP contribution in [0.15, 0.2) is 30.3 Å². The van der Waals surface area contributed by atoms with Gasteiger partial charge in [-0.05, 0) is 12.5 Å². The van der Waals surface area contributed by atoms with Gasteiger partial charge in [0.05, 0.1) is 6.61 Å². The van der Waals surface area contributed by atoms with Crippen LogP contribution in [0.1, 0.15) is 18.9 Å². The monoisotopic (exact) mass is 277 g/mol. The van der Waals surface area contributed by atoms with Crippen LogP contribution < -0.4 is 0 Å². The fourth-order valence-electron chi connectivity index (χ4n) is 2.21. The number of rotatable bonds is 4. The number of nitrogens with zero attached hydrogens (tertiary/aromatic N) is 1. The lowest BCUT2D eigenvalue weighted by Crippen LogP contribution is -2.46. The van der Waals surface area contributed by atoms with Gasteiger partial charge in [-0.25, -0.2) is 4.79 Å². The minimum Gasteiger partial charge on any atom is -0.435 e. The number of hydrogen-bond donors (Lipinski definition) is 0. The molecule has 1 unspecified atom stereocenters.